The molecular weight excluding hydrogens is 292 g/mol. The summed E-state index contributed by atoms with van der Waals surface area (Å²) in [6.45, 7) is 0. The van der Waals surface area contributed by atoms with Gasteiger partial charge in [0, 0.05) is 11.0 Å². The highest BCUT2D eigenvalue weighted by atomic mass is 32.2. The number of imidazole rings is 1. The van der Waals surface area contributed by atoms with Gasteiger partial charge in [0.05, 0.1) is 11.3 Å². The number of rotatable bonds is 3. The summed E-state index contributed by atoms with van der Waals surface area (Å²) in [7, 11) is 0. The third-order valence-corrected chi connectivity index (χ3v) is 3.68. The minimum Gasteiger partial charge on any atom is -0.341 e. The predicted molar refractivity (Wildman–Crippen MR) is 73.6 cm³/mol. The lowest BCUT2D eigenvalue weighted by Gasteiger charge is -2.02. The molecule has 9 heteroatoms. The number of nitro groups is 1. The zero-order valence-corrected chi connectivity index (χ0v) is 11.2. The van der Waals surface area contributed by atoms with Crippen LogP contribution in [0.4, 0.5) is 5.69 Å². The van der Waals surface area contributed by atoms with E-state index in [1.54, 1.807) is 12.1 Å². The van der Waals surface area contributed by atoms with E-state index in [9.17, 15) is 10.1 Å². The summed E-state index contributed by atoms with van der Waals surface area (Å²) in [5, 5.41) is 20.4. The average Bonchev–Trinajstić information content (AvgIpc) is 2.96. The maximum Gasteiger partial charge on any atom is 0.288 e. The van der Waals surface area contributed by atoms with Crippen molar-refractivity contribution in [3.63, 3.8) is 0 Å². The molecule has 0 aliphatic carbocycles. The summed E-state index contributed by atoms with van der Waals surface area (Å²) in [6.07, 6.45) is 2.88. The van der Waals surface area contributed by atoms with Crippen LogP contribution in [0.2, 0.25) is 0 Å². The predicted octanol–water partition coefficient (Wildman–Crippen LogP) is 2.28. The Morgan fingerprint density at radius 1 is 1.33 bits per heavy atom. The molecule has 0 aliphatic heterocycles. The van der Waals surface area contributed by atoms with Gasteiger partial charge < -0.3 is 4.98 Å². The molecular formula is C12H6N6O2S. The van der Waals surface area contributed by atoms with Gasteiger partial charge >= 0.3 is 0 Å². The van der Waals surface area contributed by atoms with Crippen LogP contribution in [0.1, 0.15) is 5.56 Å². The number of nitrogens with one attached hydrogen (secondary N) is 1. The van der Waals surface area contributed by atoms with Crippen molar-refractivity contribution < 1.29 is 4.92 Å². The van der Waals surface area contributed by atoms with Crippen LogP contribution in [0.5, 0.6) is 0 Å². The molecule has 0 fully saturated rings. The van der Waals surface area contributed by atoms with Crippen molar-refractivity contribution in [1.82, 2.24) is 19.9 Å². The smallest absolute Gasteiger partial charge is 0.288 e. The van der Waals surface area contributed by atoms with Gasteiger partial charge in [-0.1, -0.05) is 11.8 Å². The number of H-pyrrole nitrogens is 1. The fourth-order valence-corrected chi connectivity index (χ4v) is 2.63. The van der Waals surface area contributed by atoms with Gasteiger partial charge in [-0.3, -0.25) is 10.1 Å². The van der Waals surface area contributed by atoms with Crippen LogP contribution in [0.15, 0.2) is 40.8 Å². The van der Waals surface area contributed by atoms with E-state index in [-0.39, 0.29) is 11.3 Å². The molecule has 0 radical (unpaired) electrons. The first kappa shape index (κ1) is 13.0. The van der Waals surface area contributed by atoms with Gasteiger partial charge in [-0.15, -0.1) is 0 Å². The highest BCUT2D eigenvalue weighted by Crippen LogP contribution is 2.32. The summed E-state index contributed by atoms with van der Waals surface area (Å²) in [5.41, 5.74) is 0.987. The second-order valence-corrected chi connectivity index (χ2v) is 4.99. The van der Waals surface area contributed by atoms with Gasteiger partial charge in [0.15, 0.2) is 5.65 Å². The Morgan fingerprint density at radius 3 is 2.95 bits per heavy atom. The normalized spacial score (nSPS) is 10.4. The summed E-state index contributed by atoms with van der Waals surface area (Å²) in [6, 6.07) is 6.22. The topological polar surface area (TPSA) is 121 Å². The van der Waals surface area contributed by atoms with E-state index < -0.39 is 4.92 Å². The zero-order chi connectivity index (χ0) is 14.8. The highest BCUT2D eigenvalue weighted by molar-refractivity contribution is 7.99. The fourth-order valence-electron chi connectivity index (χ4n) is 1.75. The summed E-state index contributed by atoms with van der Waals surface area (Å²) in [4.78, 5) is 26.1. The van der Waals surface area contributed by atoms with E-state index in [0.717, 1.165) is 0 Å². The monoisotopic (exact) mass is 298 g/mol. The Hall–Kier alpha value is -2.99. The van der Waals surface area contributed by atoms with Gasteiger partial charge in [0.25, 0.3) is 5.69 Å². The first-order valence-electron chi connectivity index (χ1n) is 5.69. The van der Waals surface area contributed by atoms with Crippen LogP contribution in [0, 0.1) is 21.4 Å². The van der Waals surface area contributed by atoms with Crippen LogP contribution in [0.25, 0.3) is 11.2 Å². The lowest BCUT2D eigenvalue weighted by Crippen LogP contribution is -1.93. The molecule has 8 nitrogen and oxygen atoms in total. The van der Waals surface area contributed by atoms with E-state index in [1.807, 2.05) is 0 Å². The van der Waals surface area contributed by atoms with Crippen molar-refractivity contribution in [2.24, 2.45) is 0 Å². The van der Waals surface area contributed by atoms with Crippen molar-refractivity contribution in [2.75, 3.05) is 0 Å². The van der Waals surface area contributed by atoms with Gasteiger partial charge in [-0.05, 0) is 12.1 Å². The van der Waals surface area contributed by atoms with Crippen molar-refractivity contribution >= 4 is 28.6 Å². The number of nitriles is 1. The van der Waals surface area contributed by atoms with Crippen molar-refractivity contribution in [3.8, 4) is 6.07 Å². The molecule has 1 aromatic carbocycles. The quantitative estimate of drug-likeness (QED) is 0.447. The van der Waals surface area contributed by atoms with Crippen LogP contribution in [-0.4, -0.2) is 24.9 Å². The van der Waals surface area contributed by atoms with Crippen LogP contribution >= 0.6 is 11.8 Å². The molecule has 2 aromatic heterocycles. The molecule has 1 N–H and O–H groups in total. The highest BCUT2D eigenvalue weighted by Gasteiger charge is 2.16. The minimum absolute atomic E-state index is 0.0266. The van der Waals surface area contributed by atoms with Gasteiger partial charge in [-0.2, -0.15) is 5.26 Å². The van der Waals surface area contributed by atoms with E-state index >= 15 is 0 Å². The van der Waals surface area contributed by atoms with Crippen molar-refractivity contribution in [2.45, 2.75) is 9.92 Å². The van der Waals surface area contributed by atoms with E-state index in [2.05, 4.69) is 19.9 Å². The molecule has 102 valence electrons. The van der Waals surface area contributed by atoms with Gasteiger partial charge in [0.1, 0.15) is 28.5 Å². The summed E-state index contributed by atoms with van der Waals surface area (Å²) < 4.78 is 0. The third kappa shape index (κ3) is 2.39. The number of aromatic amines is 1. The third-order valence-electron chi connectivity index (χ3n) is 2.69. The molecule has 0 bridgehead atoms. The standard InChI is InChI=1S/C12H6N6O2S/c13-4-7-1-2-8(3-9(7)18(19)20)21-12-10-11(15-5-14-10)16-6-17-12/h1-3,5-6H,(H,14,15,16,17). The molecule has 2 heterocycles. The van der Waals surface area contributed by atoms with E-state index in [0.29, 0.717) is 21.1 Å². The largest absolute Gasteiger partial charge is 0.341 e. The number of fused-ring (bicyclic) bond motifs is 1. The Morgan fingerprint density at radius 2 is 2.19 bits per heavy atom. The van der Waals surface area contributed by atoms with Crippen LogP contribution < -0.4 is 0 Å². The number of hydrogen-bond donors (Lipinski definition) is 1. The minimum atomic E-state index is -0.575. The zero-order valence-electron chi connectivity index (χ0n) is 10.3. The molecule has 0 spiro atoms. The van der Waals surface area contributed by atoms with E-state index in [1.165, 1.54) is 36.5 Å². The van der Waals surface area contributed by atoms with Gasteiger partial charge in [0.2, 0.25) is 0 Å². The number of hydrogen-bond acceptors (Lipinski definition) is 7. The molecule has 0 atom stereocenters. The molecule has 0 saturated carbocycles. The lowest BCUT2D eigenvalue weighted by atomic mass is 10.2. The molecule has 0 saturated heterocycles. The molecule has 21 heavy (non-hydrogen) atoms. The molecule has 0 unspecified atom stereocenters. The number of aromatic nitrogens is 4. The number of benzene rings is 1. The second kappa shape index (κ2) is 5.18. The van der Waals surface area contributed by atoms with Crippen LogP contribution in [-0.2, 0) is 0 Å². The summed E-state index contributed by atoms with van der Waals surface area (Å²) >= 11 is 1.24. The van der Waals surface area contributed by atoms with Crippen molar-refractivity contribution in [3.05, 3.63) is 46.5 Å². The van der Waals surface area contributed by atoms with Crippen LogP contribution in [0.3, 0.4) is 0 Å². The Kier molecular flexibility index (Phi) is 3.21. The average molecular weight is 298 g/mol. The first-order valence-corrected chi connectivity index (χ1v) is 6.51. The number of nitro benzene ring substituents is 1. The molecule has 0 amide bonds. The van der Waals surface area contributed by atoms with Crippen molar-refractivity contribution in [1.29, 1.82) is 5.26 Å². The molecule has 0 aliphatic rings. The first-order chi connectivity index (χ1) is 10.2. The second-order valence-electron chi connectivity index (χ2n) is 3.93. The maximum absolute atomic E-state index is 11.0. The molecule has 3 rings (SSSR count). The Balaban J connectivity index is 2.02. The number of nitrogens with zero attached hydrogens (tertiary/aromatic N) is 5. The molecule has 3 aromatic rings. The Labute approximate surface area is 122 Å². The maximum atomic E-state index is 11.0. The fraction of sp³-hybridized carbons (Fsp3) is 0. The Bertz CT molecular complexity index is 885. The lowest BCUT2D eigenvalue weighted by molar-refractivity contribution is -0.385. The SMILES string of the molecule is N#Cc1ccc(Sc2ncnc3nc[nH]c23)cc1[N+](=O)[O-]. The van der Waals surface area contributed by atoms with Gasteiger partial charge in [-0.25, -0.2) is 15.0 Å². The summed E-state index contributed by atoms with van der Waals surface area (Å²) in [5.74, 6) is 0. The van der Waals surface area contributed by atoms with E-state index in [4.69, 9.17) is 5.26 Å².